The average Bonchev–Trinajstić information content (AvgIpc) is 2.77. The number of aliphatic imine (C=N–C) groups is 1. The van der Waals surface area contributed by atoms with Crippen molar-refractivity contribution in [2.24, 2.45) is 23.5 Å². The highest BCUT2D eigenvalue weighted by molar-refractivity contribution is 7.91. The van der Waals surface area contributed by atoms with Gasteiger partial charge in [-0.1, -0.05) is 30.3 Å². The third-order valence-corrected chi connectivity index (χ3v) is 5.82. The standard InChI is InChI=1S/C20H27N7O6S/c1-26-10-16(25-34(32,33)13-14-6-3-2-4-7-14)18(30)27(20(26)31)11-17(29)24-15(12-28)8-5-9-23-19(21)22/h2-4,6-7,10,12,15,25H,5,8-9,11,13H2,1H3,(H,24,29)(H4,21,22,23). The molecular weight excluding hydrogens is 466 g/mol. The molecule has 2 rings (SSSR count). The lowest BCUT2D eigenvalue weighted by atomic mass is 10.2. The Morgan fingerprint density at radius 1 is 1.21 bits per heavy atom. The van der Waals surface area contributed by atoms with Gasteiger partial charge in [0.25, 0.3) is 5.56 Å². The van der Waals surface area contributed by atoms with E-state index in [0.29, 0.717) is 22.8 Å². The quantitative estimate of drug-likeness (QED) is 0.115. The van der Waals surface area contributed by atoms with Gasteiger partial charge in [-0.05, 0) is 18.4 Å². The Labute approximate surface area is 195 Å². The maximum atomic E-state index is 12.8. The Balaban J connectivity index is 2.16. The summed E-state index contributed by atoms with van der Waals surface area (Å²) in [6, 6.07) is 7.44. The van der Waals surface area contributed by atoms with Crippen LogP contribution >= 0.6 is 0 Å². The third-order valence-electron chi connectivity index (χ3n) is 4.58. The predicted octanol–water partition coefficient (Wildman–Crippen LogP) is -1.77. The zero-order valence-corrected chi connectivity index (χ0v) is 19.3. The SMILES string of the molecule is Cn1cc(NS(=O)(=O)Cc2ccccc2)c(=O)n(CC(=O)NC(C=O)CCCN=C(N)N)c1=O. The van der Waals surface area contributed by atoms with Crippen LogP contribution in [0.5, 0.6) is 0 Å². The molecule has 0 aliphatic heterocycles. The molecule has 0 aliphatic rings. The van der Waals surface area contributed by atoms with Crippen molar-refractivity contribution in [2.75, 3.05) is 11.3 Å². The summed E-state index contributed by atoms with van der Waals surface area (Å²) in [4.78, 5) is 52.6. The molecule has 34 heavy (non-hydrogen) atoms. The van der Waals surface area contributed by atoms with E-state index >= 15 is 0 Å². The number of anilines is 1. The van der Waals surface area contributed by atoms with Gasteiger partial charge in [-0.2, -0.15) is 0 Å². The molecular formula is C20H27N7O6S. The number of hydrogen-bond acceptors (Lipinski definition) is 7. The zero-order valence-electron chi connectivity index (χ0n) is 18.5. The number of nitrogens with zero attached hydrogens (tertiary/aromatic N) is 3. The van der Waals surface area contributed by atoms with Crippen LogP contribution in [-0.4, -0.2) is 48.3 Å². The fourth-order valence-corrected chi connectivity index (χ4v) is 4.20. The first kappa shape index (κ1) is 26.3. The maximum Gasteiger partial charge on any atom is 0.331 e. The van der Waals surface area contributed by atoms with Crippen molar-refractivity contribution in [2.45, 2.75) is 31.2 Å². The minimum absolute atomic E-state index is 0.0961. The Hall–Kier alpha value is -3.94. The number of guanidine groups is 1. The van der Waals surface area contributed by atoms with E-state index in [-0.39, 0.29) is 18.9 Å². The summed E-state index contributed by atoms with van der Waals surface area (Å²) < 4.78 is 28.8. The highest BCUT2D eigenvalue weighted by Gasteiger charge is 2.19. The van der Waals surface area contributed by atoms with Crippen LogP contribution in [0.3, 0.4) is 0 Å². The van der Waals surface area contributed by atoms with Crippen LogP contribution in [0.2, 0.25) is 0 Å². The number of amides is 1. The van der Waals surface area contributed by atoms with Crippen molar-refractivity contribution in [3.63, 3.8) is 0 Å². The monoisotopic (exact) mass is 493 g/mol. The molecule has 1 unspecified atom stereocenters. The van der Waals surface area contributed by atoms with Crippen molar-refractivity contribution in [3.05, 3.63) is 62.9 Å². The van der Waals surface area contributed by atoms with E-state index in [0.717, 1.165) is 10.8 Å². The largest absolute Gasteiger partial charge is 0.370 e. The van der Waals surface area contributed by atoms with Gasteiger partial charge in [0.1, 0.15) is 18.5 Å². The van der Waals surface area contributed by atoms with Gasteiger partial charge in [0, 0.05) is 19.8 Å². The molecule has 14 heteroatoms. The van der Waals surface area contributed by atoms with Gasteiger partial charge < -0.3 is 26.1 Å². The first-order valence-corrected chi connectivity index (χ1v) is 11.8. The van der Waals surface area contributed by atoms with Gasteiger partial charge >= 0.3 is 5.69 Å². The summed E-state index contributed by atoms with van der Waals surface area (Å²) in [5.41, 5.74) is 8.72. The third kappa shape index (κ3) is 7.88. The highest BCUT2D eigenvalue weighted by atomic mass is 32.2. The minimum Gasteiger partial charge on any atom is -0.370 e. The zero-order chi connectivity index (χ0) is 25.3. The molecule has 2 aromatic rings. The number of carbonyl (C=O) groups excluding carboxylic acids is 2. The number of benzene rings is 1. The van der Waals surface area contributed by atoms with E-state index < -0.39 is 51.2 Å². The van der Waals surface area contributed by atoms with Gasteiger partial charge in [-0.15, -0.1) is 0 Å². The lowest BCUT2D eigenvalue weighted by Gasteiger charge is -2.14. The fraction of sp³-hybridized carbons (Fsp3) is 0.350. The van der Waals surface area contributed by atoms with E-state index in [9.17, 15) is 27.6 Å². The van der Waals surface area contributed by atoms with Crippen molar-refractivity contribution in [1.29, 1.82) is 0 Å². The average molecular weight is 494 g/mol. The van der Waals surface area contributed by atoms with Gasteiger partial charge in [0.2, 0.25) is 15.9 Å². The molecule has 0 saturated heterocycles. The number of rotatable bonds is 12. The topological polar surface area (TPSA) is 201 Å². The molecule has 1 heterocycles. The summed E-state index contributed by atoms with van der Waals surface area (Å²) in [7, 11) is -2.67. The Morgan fingerprint density at radius 3 is 2.50 bits per heavy atom. The van der Waals surface area contributed by atoms with Gasteiger partial charge in [0.15, 0.2) is 5.96 Å². The Kier molecular flexibility index (Phi) is 9.12. The number of aromatic nitrogens is 2. The van der Waals surface area contributed by atoms with Crippen LogP contribution in [0.15, 0.2) is 51.1 Å². The smallest absolute Gasteiger partial charge is 0.331 e. The molecule has 1 amide bonds. The molecule has 0 bridgehead atoms. The van der Waals surface area contributed by atoms with Gasteiger partial charge in [-0.3, -0.25) is 19.3 Å². The molecule has 1 aromatic heterocycles. The highest BCUT2D eigenvalue weighted by Crippen LogP contribution is 2.08. The molecule has 6 N–H and O–H groups in total. The maximum absolute atomic E-state index is 12.8. The fourth-order valence-electron chi connectivity index (χ4n) is 3.02. The van der Waals surface area contributed by atoms with Gasteiger partial charge in [0.05, 0.1) is 11.8 Å². The number of aldehydes is 1. The van der Waals surface area contributed by atoms with E-state index in [1.54, 1.807) is 30.3 Å². The molecule has 0 fully saturated rings. The summed E-state index contributed by atoms with van der Waals surface area (Å²) in [5.74, 6) is -1.26. The van der Waals surface area contributed by atoms with Crippen LogP contribution < -0.4 is 32.8 Å². The number of nitrogens with two attached hydrogens (primary N) is 2. The van der Waals surface area contributed by atoms with Crippen LogP contribution in [0.1, 0.15) is 18.4 Å². The summed E-state index contributed by atoms with van der Waals surface area (Å²) in [5, 5.41) is 2.41. The van der Waals surface area contributed by atoms with Crippen LogP contribution in [0, 0.1) is 0 Å². The molecule has 0 spiro atoms. The first-order chi connectivity index (χ1) is 16.0. The van der Waals surface area contributed by atoms with Crippen LogP contribution in [-0.2, 0) is 39.0 Å². The summed E-state index contributed by atoms with van der Waals surface area (Å²) >= 11 is 0. The van der Waals surface area contributed by atoms with E-state index in [2.05, 4.69) is 15.0 Å². The van der Waals surface area contributed by atoms with E-state index in [1.165, 1.54) is 7.05 Å². The molecule has 1 aromatic carbocycles. The number of nitrogens with one attached hydrogen (secondary N) is 2. The second-order valence-electron chi connectivity index (χ2n) is 7.43. The normalized spacial score (nSPS) is 11.9. The first-order valence-electron chi connectivity index (χ1n) is 10.2. The lowest BCUT2D eigenvalue weighted by Crippen LogP contribution is -2.46. The van der Waals surface area contributed by atoms with E-state index in [4.69, 9.17) is 11.5 Å². The number of aryl methyl sites for hydroxylation is 1. The Morgan fingerprint density at radius 2 is 1.88 bits per heavy atom. The second-order valence-corrected chi connectivity index (χ2v) is 9.16. The molecule has 184 valence electrons. The Bertz CT molecular complexity index is 1260. The van der Waals surface area contributed by atoms with Gasteiger partial charge in [-0.25, -0.2) is 17.8 Å². The second kappa shape index (κ2) is 11.8. The van der Waals surface area contributed by atoms with E-state index in [1.807, 2.05) is 0 Å². The molecule has 13 nitrogen and oxygen atoms in total. The minimum atomic E-state index is -3.98. The summed E-state index contributed by atoms with van der Waals surface area (Å²) in [6.45, 7) is -0.453. The van der Waals surface area contributed by atoms with Crippen molar-refractivity contribution in [1.82, 2.24) is 14.5 Å². The number of sulfonamides is 1. The van der Waals surface area contributed by atoms with Crippen LogP contribution in [0.4, 0.5) is 5.69 Å². The molecule has 1 atom stereocenters. The lowest BCUT2D eigenvalue weighted by molar-refractivity contribution is -0.124. The predicted molar refractivity (Wildman–Crippen MR) is 127 cm³/mol. The number of hydrogen-bond donors (Lipinski definition) is 4. The van der Waals surface area contributed by atoms with Crippen molar-refractivity contribution < 1.29 is 18.0 Å². The molecule has 0 aliphatic carbocycles. The van der Waals surface area contributed by atoms with Crippen molar-refractivity contribution in [3.8, 4) is 0 Å². The number of carbonyl (C=O) groups is 2. The summed E-state index contributed by atoms with van der Waals surface area (Å²) in [6.07, 6.45) is 2.20. The van der Waals surface area contributed by atoms with Crippen molar-refractivity contribution >= 4 is 33.9 Å². The molecule has 0 saturated carbocycles. The van der Waals surface area contributed by atoms with Crippen LogP contribution in [0.25, 0.3) is 0 Å². The molecule has 0 radical (unpaired) electrons.